The summed E-state index contributed by atoms with van der Waals surface area (Å²) in [5.41, 5.74) is 7.78. The molecule has 152 valence electrons. The van der Waals surface area contributed by atoms with Crippen molar-refractivity contribution in [1.29, 1.82) is 0 Å². The Kier molecular flexibility index (Phi) is 5.88. The molecule has 0 aromatic heterocycles. The van der Waals surface area contributed by atoms with Crippen LogP contribution in [0.2, 0.25) is 0 Å². The summed E-state index contributed by atoms with van der Waals surface area (Å²) in [4.78, 5) is 16.6. The molecule has 0 saturated heterocycles. The van der Waals surface area contributed by atoms with Gasteiger partial charge in [-0.05, 0) is 29.8 Å². The lowest BCUT2D eigenvalue weighted by molar-refractivity contribution is 0.0706. The summed E-state index contributed by atoms with van der Waals surface area (Å²) < 4.78 is 11.1. The molecule has 0 bridgehead atoms. The molecule has 3 aromatic carbocycles. The minimum atomic E-state index is -0.552. The second kappa shape index (κ2) is 8.90. The van der Waals surface area contributed by atoms with Crippen molar-refractivity contribution >= 4 is 17.3 Å². The summed E-state index contributed by atoms with van der Waals surface area (Å²) in [7, 11) is 1.65. The molecule has 1 aliphatic heterocycles. The van der Waals surface area contributed by atoms with Gasteiger partial charge in [-0.3, -0.25) is 10.0 Å². The van der Waals surface area contributed by atoms with Gasteiger partial charge in [-0.15, -0.1) is 0 Å². The van der Waals surface area contributed by atoms with E-state index in [0.29, 0.717) is 25.2 Å². The fraction of sp³-hybridized carbons (Fsp3) is 0.167. The minimum Gasteiger partial charge on any atom is -0.491 e. The lowest BCUT2D eigenvalue weighted by Crippen LogP contribution is -2.18. The first kappa shape index (κ1) is 19.8. The summed E-state index contributed by atoms with van der Waals surface area (Å²) in [5, 5.41) is 8.86. The predicted octanol–water partition coefficient (Wildman–Crippen LogP) is 3.90. The number of hydroxylamine groups is 1. The Hall–Kier alpha value is -3.48. The molecule has 1 aliphatic rings. The fourth-order valence-electron chi connectivity index (χ4n) is 3.54. The Labute approximate surface area is 174 Å². The number of benzene rings is 3. The second-order valence-corrected chi connectivity index (χ2v) is 6.91. The van der Waals surface area contributed by atoms with E-state index in [2.05, 4.69) is 6.07 Å². The molecule has 3 aromatic rings. The number of carbonyl (C=O) groups excluding carboxylic acids is 1. The standard InChI is InChI=1S/C24H22N2O4/c1-29-13-14-30-22-8-4-6-19-20(22)15-18-5-2-3-7-21(18)25-23(19)16-9-11-17(12-10-16)24(27)26-28/h2-12,28H,13-15H2,1H3,(H,26,27). The average Bonchev–Trinajstić information content (AvgIpc) is 2.96. The van der Waals surface area contributed by atoms with Crippen LogP contribution in [-0.2, 0) is 11.2 Å². The number of nitrogens with zero attached hydrogens (tertiary/aromatic N) is 1. The van der Waals surface area contributed by atoms with Crippen LogP contribution in [0.5, 0.6) is 5.75 Å². The molecule has 1 amide bonds. The molecule has 1 heterocycles. The van der Waals surface area contributed by atoms with Crippen molar-refractivity contribution in [3.63, 3.8) is 0 Å². The van der Waals surface area contributed by atoms with Crippen molar-refractivity contribution in [2.24, 2.45) is 4.99 Å². The van der Waals surface area contributed by atoms with E-state index in [4.69, 9.17) is 19.7 Å². The van der Waals surface area contributed by atoms with Gasteiger partial charge in [0.2, 0.25) is 0 Å². The number of hydrogen-bond acceptors (Lipinski definition) is 5. The van der Waals surface area contributed by atoms with Crippen LogP contribution in [-0.4, -0.2) is 37.1 Å². The maximum Gasteiger partial charge on any atom is 0.274 e. The third-order valence-electron chi connectivity index (χ3n) is 5.05. The van der Waals surface area contributed by atoms with E-state index in [9.17, 15) is 4.79 Å². The number of rotatable bonds is 6. The highest BCUT2D eigenvalue weighted by Crippen LogP contribution is 2.35. The van der Waals surface area contributed by atoms with Crippen LogP contribution in [0.25, 0.3) is 0 Å². The maximum atomic E-state index is 11.7. The van der Waals surface area contributed by atoms with Crippen molar-refractivity contribution in [3.8, 4) is 5.75 Å². The third kappa shape index (κ3) is 3.96. The van der Waals surface area contributed by atoms with Crippen molar-refractivity contribution in [1.82, 2.24) is 5.48 Å². The molecule has 30 heavy (non-hydrogen) atoms. The molecule has 4 rings (SSSR count). The molecular weight excluding hydrogens is 380 g/mol. The molecular formula is C24H22N2O4. The van der Waals surface area contributed by atoms with E-state index in [1.165, 1.54) is 0 Å². The predicted molar refractivity (Wildman–Crippen MR) is 114 cm³/mol. The van der Waals surface area contributed by atoms with Gasteiger partial charge < -0.3 is 9.47 Å². The van der Waals surface area contributed by atoms with Gasteiger partial charge >= 0.3 is 0 Å². The monoisotopic (exact) mass is 402 g/mol. The highest BCUT2D eigenvalue weighted by atomic mass is 16.5. The topological polar surface area (TPSA) is 80.2 Å². The van der Waals surface area contributed by atoms with E-state index in [1.54, 1.807) is 24.7 Å². The van der Waals surface area contributed by atoms with Crippen LogP contribution in [0.4, 0.5) is 5.69 Å². The summed E-state index contributed by atoms with van der Waals surface area (Å²) in [6.07, 6.45) is 0.701. The van der Waals surface area contributed by atoms with Crippen molar-refractivity contribution < 1.29 is 19.5 Å². The summed E-state index contributed by atoms with van der Waals surface area (Å²) in [6, 6.07) is 21.0. The molecule has 0 aliphatic carbocycles. The SMILES string of the molecule is COCCOc1cccc2c1Cc1ccccc1N=C2c1ccc(C(=O)NO)cc1. The van der Waals surface area contributed by atoms with Crippen LogP contribution in [0.1, 0.15) is 32.6 Å². The lowest BCUT2D eigenvalue weighted by atomic mass is 9.93. The number of fused-ring (bicyclic) bond motifs is 2. The largest absolute Gasteiger partial charge is 0.491 e. The van der Waals surface area contributed by atoms with Crippen LogP contribution in [0, 0.1) is 0 Å². The normalized spacial score (nSPS) is 12.3. The van der Waals surface area contributed by atoms with Crippen molar-refractivity contribution in [2.75, 3.05) is 20.3 Å². The Morgan fingerprint density at radius 2 is 1.83 bits per heavy atom. The first-order valence-electron chi connectivity index (χ1n) is 9.66. The molecule has 0 atom stereocenters. The van der Waals surface area contributed by atoms with Crippen molar-refractivity contribution in [3.05, 3.63) is 94.5 Å². The molecule has 2 N–H and O–H groups in total. The van der Waals surface area contributed by atoms with Gasteiger partial charge in [0.15, 0.2) is 0 Å². The van der Waals surface area contributed by atoms with Gasteiger partial charge in [0, 0.05) is 35.8 Å². The molecule has 0 radical (unpaired) electrons. The molecule has 0 spiro atoms. The lowest BCUT2D eigenvalue weighted by Gasteiger charge is -2.15. The molecule has 6 nitrogen and oxygen atoms in total. The van der Waals surface area contributed by atoms with E-state index in [1.807, 2.05) is 48.5 Å². The zero-order valence-electron chi connectivity index (χ0n) is 16.6. The summed E-state index contributed by atoms with van der Waals surface area (Å²) in [5.74, 6) is 0.258. The van der Waals surface area contributed by atoms with E-state index >= 15 is 0 Å². The van der Waals surface area contributed by atoms with E-state index < -0.39 is 5.91 Å². The number of methoxy groups -OCH3 is 1. The number of aliphatic imine (C=N–C) groups is 1. The summed E-state index contributed by atoms with van der Waals surface area (Å²) in [6.45, 7) is 0.974. The highest BCUT2D eigenvalue weighted by molar-refractivity contribution is 6.16. The van der Waals surface area contributed by atoms with Crippen LogP contribution in [0.15, 0.2) is 71.7 Å². The number of ether oxygens (including phenoxy) is 2. The van der Waals surface area contributed by atoms with E-state index in [0.717, 1.165) is 39.4 Å². The molecule has 0 saturated carbocycles. The van der Waals surface area contributed by atoms with Crippen LogP contribution in [0.3, 0.4) is 0 Å². The van der Waals surface area contributed by atoms with Gasteiger partial charge in [0.1, 0.15) is 12.4 Å². The Balaban J connectivity index is 1.83. The van der Waals surface area contributed by atoms with Gasteiger partial charge in [-0.2, -0.15) is 0 Å². The molecule has 0 fully saturated rings. The first-order chi connectivity index (χ1) is 14.7. The number of carbonyl (C=O) groups is 1. The Bertz CT molecular complexity index is 1090. The second-order valence-electron chi connectivity index (χ2n) is 6.91. The van der Waals surface area contributed by atoms with Gasteiger partial charge in [0.25, 0.3) is 5.91 Å². The van der Waals surface area contributed by atoms with Gasteiger partial charge in [-0.25, -0.2) is 10.5 Å². The smallest absolute Gasteiger partial charge is 0.274 e. The van der Waals surface area contributed by atoms with Crippen LogP contribution >= 0.6 is 0 Å². The van der Waals surface area contributed by atoms with E-state index in [-0.39, 0.29) is 0 Å². The molecule has 6 heteroatoms. The summed E-state index contributed by atoms with van der Waals surface area (Å²) >= 11 is 0. The number of hydrogen-bond donors (Lipinski definition) is 2. The highest BCUT2D eigenvalue weighted by Gasteiger charge is 2.21. The van der Waals surface area contributed by atoms with Gasteiger partial charge in [0.05, 0.1) is 18.0 Å². The van der Waals surface area contributed by atoms with Crippen LogP contribution < -0.4 is 10.2 Å². The Morgan fingerprint density at radius 1 is 1.03 bits per heavy atom. The number of para-hydroxylation sites is 1. The van der Waals surface area contributed by atoms with Gasteiger partial charge in [-0.1, -0.05) is 42.5 Å². The van der Waals surface area contributed by atoms with Crippen molar-refractivity contribution in [2.45, 2.75) is 6.42 Å². The Morgan fingerprint density at radius 3 is 2.60 bits per heavy atom. The zero-order valence-corrected chi connectivity index (χ0v) is 16.6. The third-order valence-corrected chi connectivity index (χ3v) is 5.05. The first-order valence-corrected chi connectivity index (χ1v) is 9.66. The average molecular weight is 402 g/mol. The minimum absolute atomic E-state index is 0.368. The number of nitrogens with one attached hydrogen (secondary N) is 1. The zero-order chi connectivity index (χ0) is 20.9. The fourth-order valence-corrected chi connectivity index (χ4v) is 3.54. The quantitative estimate of drug-likeness (QED) is 0.291. The molecule has 0 unspecified atom stereocenters. The number of amides is 1. The maximum absolute atomic E-state index is 11.7.